The summed E-state index contributed by atoms with van der Waals surface area (Å²) in [4.78, 5) is 8.36. The minimum absolute atomic E-state index is 0.347. The molecule has 0 radical (unpaired) electrons. The third kappa shape index (κ3) is 3.46. The van der Waals surface area contributed by atoms with Crippen LogP contribution in [0.3, 0.4) is 0 Å². The molecule has 0 aliphatic carbocycles. The molecule has 2 heterocycles. The van der Waals surface area contributed by atoms with E-state index < -0.39 is 10.0 Å². The van der Waals surface area contributed by atoms with Crippen LogP contribution in [0.1, 0.15) is 12.1 Å². The van der Waals surface area contributed by atoms with Gasteiger partial charge in [-0.15, -0.1) is 0 Å². The molecular weight excluding hydrogens is 306 g/mol. The van der Waals surface area contributed by atoms with Crippen LogP contribution >= 0.6 is 15.9 Å². The Morgan fingerprint density at radius 2 is 2.24 bits per heavy atom. The Hall–Kier alpha value is -0.530. The minimum Gasteiger partial charge on any atom is -0.257 e. The molecule has 0 saturated carbocycles. The highest BCUT2D eigenvalue weighted by Crippen LogP contribution is 2.21. The first-order valence-electron chi connectivity index (χ1n) is 5.36. The molecule has 0 N–H and O–H groups in total. The molecule has 1 fully saturated rings. The van der Waals surface area contributed by atoms with Gasteiger partial charge < -0.3 is 0 Å². The number of aromatic nitrogens is 2. The zero-order chi connectivity index (χ0) is 12.5. The van der Waals surface area contributed by atoms with E-state index in [2.05, 4.69) is 25.9 Å². The number of nitrogens with zero attached hydrogens (tertiary/aromatic N) is 3. The van der Waals surface area contributed by atoms with Crippen molar-refractivity contribution >= 4 is 26.0 Å². The molecule has 7 heteroatoms. The SMILES string of the molecule is CS(=O)(=O)N1CCC(Cc2cnc(Br)cn2)C1. The summed E-state index contributed by atoms with van der Waals surface area (Å²) in [5.41, 5.74) is 0.911. The molecule has 1 aliphatic rings. The Morgan fingerprint density at radius 3 is 2.76 bits per heavy atom. The lowest BCUT2D eigenvalue weighted by Gasteiger charge is -2.12. The van der Waals surface area contributed by atoms with Crippen LogP contribution in [0.15, 0.2) is 17.0 Å². The molecule has 0 bridgehead atoms. The fourth-order valence-corrected chi connectivity index (χ4v) is 3.13. The number of sulfonamides is 1. The largest absolute Gasteiger partial charge is 0.257 e. The third-order valence-electron chi connectivity index (χ3n) is 2.89. The second-order valence-corrected chi connectivity index (χ2v) is 7.11. The van der Waals surface area contributed by atoms with Gasteiger partial charge in [-0.05, 0) is 34.7 Å². The predicted molar refractivity (Wildman–Crippen MR) is 68.0 cm³/mol. The molecule has 1 atom stereocenters. The Balaban J connectivity index is 1.96. The molecule has 1 aromatic rings. The molecule has 1 aliphatic heterocycles. The van der Waals surface area contributed by atoms with E-state index in [9.17, 15) is 8.42 Å². The maximum atomic E-state index is 11.4. The van der Waals surface area contributed by atoms with Crippen LogP contribution in [0, 0.1) is 5.92 Å². The number of rotatable bonds is 3. The maximum Gasteiger partial charge on any atom is 0.211 e. The quantitative estimate of drug-likeness (QED) is 0.835. The molecule has 2 rings (SSSR count). The van der Waals surface area contributed by atoms with Gasteiger partial charge in [0.05, 0.1) is 18.1 Å². The summed E-state index contributed by atoms with van der Waals surface area (Å²) < 4.78 is 25.0. The van der Waals surface area contributed by atoms with Crippen molar-refractivity contribution in [2.24, 2.45) is 5.92 Å². The molecule has 1 aromatic heterocycles. The van der Waals surface area contributed by atoms with Crippen LogP contribution in [0.2, 0.25) is 0 Å². The first-order chi connectivity index (χ1) is 7.95. The molecule has 1 saturated heterocycles. The molecular formula is C10H14BrN3O2S. The normalized spacial score (nSPS) is 21.9. The highest BCUT2D eigenvalue weighted by molar-refractivity contribution is 9.10. The van der Waals surface area contributed by atoms with Crippen molar-refractivity contribution in [1.82, 2.24) is 14.3 Å². The van der Waals surface area contributed by atoms with Gasteiger partial charge in [-0.3, -0.25) is 4.98 Å². The van der Waals surface area contributed by atoms with Crippen molar-refractivity contribution in [3.8, 4) is 0 Å². The summed E-state index contributed by atoms with van der Waals surface area (Å²) in [7, 11) is -3.04. The van der Waals surface area contributed by atoms with Crippen molar-refractivity contribution < 1.29 is 8.42 Å². The van der Waals surface area contributed by atoms with Gasteiger partial charge in [-0.2, -0.15) is 0 Å². The van der Waals surface area contributed by atoms with E-state index in [0.717, 1.165) is 18.5 Å². The molecule has 17 heavy (non-hydrogen) atoms. The van der Waals surface area contributed by atoms with Gasteiger partial charge >= 0.3 is 0 Å². The number of hydrogen-bond donors (Lipinski definition) is 0. The van der Waals surface area contributed by atoms with Gasteiger partial charge in [0, 0.05) is 19.3 Å². The van der Waals surface area contributed by atoms with Crippen LogP contribution in [-0.2, 0) is 16.4 Å². The van der Waals surface area contributed by atoms with E-state index >= 15 is 0 Å². The van der Waals surface area contributed by atoms with E-state index in [-0.39, 0.29) is 0 Å². The van der Waals surface area contributed by atoms with Crippen molar-refractivity contribution in [3.63, 3.8) is 0 Å². The van der Waals surface area contributed by atoms with E-state index in [1.165, 1.54) is 10.6 Å². The Bertz CT molecular complexity index is 489. The zero-order valence-corrected chi connectivity index (χ0v) is 11.9. The molecule has 1 unspecified atom stereocenters. The molecule has 5 nitrogen and oxygen atoms in total. The third-order valence-corrected chi connectivity index (χ3v) is 4.57. The van der Waals surface area contributed by atoms with E-state index in [0.29, 0.717) is 23.6 Å². The summed E-state index contributed by atoms with van der Waals surface area (Å²) in [5, 5.41) is 0. The van der Waals surface area contributed by atoms with E-state index in [1.54, 1.807) is 12.4 Å². The van der Waals surface area contributed by atoms with E-state index in [4.69, 9.17) is 0 Å². The minimum atomic E-state index is -3.04. The van der Waals surface area contributed by atoms with Crippen molar-refractivity contribution in [2.45, 2.75) is 12.8 Å². The first-order valence-corrected chi connectivity index (χ1v) is 8.01. The number of hydrogen-bond acceptors (Lipinski definition) is 4. The summed E-state index contributed by atoms with van der Waals surface area (Å²) in [6.07, 6.45) is 6.33. The van der Waals surface area contributed by atoms with Crippen LogP contribution in [-0.4, -0.2) is 42.0 Å². The Morgan fingerprint density at radius 1 is 1.47 bits per heavy atom. The fraction of sp³-hybridized carbons (Fsp3) is 0.600. The molecule has 0 aromatic carbocycles. The monoisotopic (exact) mass is 319 g/mol. The lowest BCUT2D eigenvalue weighted by Crippen LogP contribution is -2.27. The van der Waals surface area contributed by atoms with Gasteiger partial charge in [0.1, 0.15) is 4.60 Å². The van der Waals surface area contributed by atoms with Crippen molar-refractivity contribution in [3.05, 3.63) is 22.7 Å². The second-order valence-electron chi connectivity index (χ2n) is 4.31. The van der Waals surface area contributed by atoms with Gasteiger partial charge in [-0.25, -0.2) is 17.7 Å². The van der Waals surface area contributed by atoms with Crippen LogP contribution in [0.4, 0.5) is 0 Å². The van der Waals surface area contributed by atoms with Gasteiger partial charge in [-0.1, -0.05) is 0 Å². The molecule has 0 spiro atoms. The first kappa shape index (κ1) is 12.9. The Labute approximate surface area is 109 Å². The summed E-state index contributed by atoms with van der Waals surface area (Å²) in [6.45, 7) is 1.21. The number of halogens is 1. The summed E-state index contributed by atoms with van der Waals surface area (Å²) in [5.74, 6) is 0.347. The smallest absolute Gasteiger partial charge is 0.211 e. The van der Waals surface area contributed by atoms with Crippen LogP contribution in [0.25, 0.3) is 0 Å². The van der Waals surface area contributed by atoms with Crippen molar-refractivity contribution in [1.29, 1.82) is 0 Å². The molecule has 94 valence electrons. The topological polar surface area (TPSA) is 63.2 Å². The highest BCUT2D eigenvalue weighted by Gasteiger charge is 2.28. The van der Waals surface area contributed by atoms with E-state index in [1.807, 2.05) is 0 Å². The maximum absolute atomic E-state index is 11.4. The van der Waals surface area contributed by atoms with Crippen LogP contribution < -0.4 is 0 Å². The average Bonchev–Trinajstić information content (AvgIpc) is 2.69. The second kappa shape index (κ2) is 4.99. The van der Waals surface area contributed by atoms with Gasteiger partial charge in [0.15, 0.2) is 0 Å². The van der Waals surface area contributed by atoms with Crippen molar-refractivity contribution in [2.75, 3.05) is 19.3 Å². The van der Waals surface area contributed by atoms with Gasteiger partial charge in [0.25, 0.3) is 0 Å². The zero-order valence-electron chi connectivity index (χ0n) is 9.50. The fourth-order valence-electron chi connectivity index (χ4n) is 2.01. The summed E-state index contributed by atoms with van der Waals surface area (Å²) in [6, 6.07) is 0. The summed E-state index contributed by atoms with van der Waals surface area (Å²) >= 11 is 3.23. The lowest BCUT2D eigenvalue weighted by molar-refractivity contribution is 0.459. The molecule has 0 amide bonds. The average molecular weight is 320 g/mol. The highest BCUT2D eigenvalue weighted by atomic mass is 79.9. The standard InChI is InChI=1S/C10H14BrN3O2S/c1-17(15,16)14-3-2-8(7-14)4-9-5-13-10(11)6-12-9/h5-6,8H,2-4,7H2,1H3. The van der Waals surface area contributed by atoms with Gasteiger partial charge in [0.2, 0.25) is 10.0 Å². The predicted octanol–water partition coefficient (Wildman–Crippen LogP) is 1.06. The lowest BCUT2D eigenvalue weighted by atomic mass is 10.0. The van der Waals surface area contributed by atoms with Crippen LogP contribution in [0.5, 0.6) is 0 Å². The Kier molecular flexibility index (Phi) is 3.79.